The number of ether oxygens (including phenoxy) is 2. The second-order valence-corrected chi connectivity index (χ2v) is 6.59. The highest BCUT2D eigenvalue weighted by Gasteiger charge is 2.29. The lowest BCUT2D eigenvalue weighted by molar-refractivity contribution is 0.0600. The summed E-state index contributed by atoms with van der Waals surface area (Å²) in [5.41, 5.74) is 2.63. The van der Waals surface area contributed by atoms with Gasteiger partial charge in [-0.2, -0.15) is 0 Å². The molecule has 3 rings (SSSR count). The normalized spacial score (nSPS) is 15.1. The fourth-order valence-electron chi connectivity index (χ4n) is 2.92. The average Bonchev–Trinajstić information content (AvgIpc) is 2.60. The second-order valence-electron chi connectivity index (χ2n) is 6.59. The molecule has 1 aliphatic heterocycles. The fourth-order valence-corrected chi connectivity index (χ4v) is 2.92. The van der Waals surface area contributed by atoms with Crippen LogP contribution in [0.2, 0.25) is 0 Å². The van der Waals surface area contributed by atoms with Gasteiger partial charge in [-0.25, -0.2) is 4.79 Å². The Labute approximate surface area is 141 Å². The molecular formula is C20H20O4. The first-order chi connectivity index (χ1) is 11.4. The molecule has 0 aromatic heterocycles. The molecule has 2 aromatic rings. The lowest BCUT2D eigenvalue weighted by Crippen LogP contribution is -2.27. The van der Waals surface area contributed by atoms with E-state index in [9.17, 15) is 9.59 Å². The maximum atomic E-state index is 12.7. The maximum Gasteiger partial charge on any atom is 0.337 e. The number of carbonyl (C=O) groups excluding carboxylic acids is 2. The Bertz CT molecular complexity index is 788. The molecule has 0 spiro atoms. The zero-order chi connectivity index (χ0) is 17.3. The van der Waals surface area contributed by atoms with Gasteiger partial charge < -0.3 is 9.47 Å². The minimum absolute atomic E-state index is 0.0153. The molecule has 0 saturated heterocycles. The molecule has 4 nitrogen and oxygen atoms in total. The number of fused-ring (bicyclic) bond motifs is 1. The first-order valence-corrected chi connectivity index (χ1v) is 7.93. The van der Waals surface area contributed by atoms with Gasteiger partial charge in [0.25, 0.3) is 0 Å². The Balaban J connectivity index is 1.92. The molecule has 0 amide bonds. The molecule has 124 valence electrons. The zero-order valence-corrected chi connectivity index (χ0v) is 14.1. The van der Waals surface area contributed by atoms with Crippen LogP contribution in [0, 0.1) is 0 Å². The van der Waals surface area contributed by atoms with Crippen LogP contribution in [0.4, 0.5) is 0 Å². The molecule has 2 aromatic carbocycles. The van der Waals surface area contributed by atoms with Gasteiger partial charge in [0.1, 0.15) is 5.75 Å². The third-order valence-corrected chi connectivity index (χ3v) is 4.52. The van der Waals surface area contributed by atoms with Crippen LogP contribution in [0.1, 0.15) is 52.1 Å². The van der Waals surface area contributed by atoms with E-state index in [0.29, 0.717) is 23.3 Å². The summed E-state index contributed by atoms with van der Waals surface area (Å²) in [4.78, 5) is 24.2. The van der Waals surface area contributed by atoms with E-state index in [0.717, 1.165) is 17.7 Å². The van der Waals surface area contributed by atoms with Crippen molar-refractivity contribution in [1.82, 2.24) is 0 Å². The van der Waals surface area contributed by atoms with Crippen molar-refractivity contribution in [1.29, 1.82) is 0 Å². The number of methoxy groups -OCH3 is 1. The third kappa shape index (κ3) is 2.92. The predicted molar refractivity (Wildman–Crippen MR) is 90.8 cm³/mol. The molecule has 0 N–H and O–H groups in total. The van der Waals surface area contributed by atoms with Gasteiger partial charge in [-0.1, -0.05) is 26.0 Å². The van der Waals surface area contributed by atoms with E-state index < -0.39 is 5.97 Å². The molecule has 0 aliphatic carbocycles. The van der Waals surface area contributed by atoms with E-state index in [2.05, 4.69) is 18.6 Å². The third-order valence-electron chi connectivity index (χ3n) is 4.52. The van der Waals surface area contributed by atoms with Crippen molar-refractivity contribution >= 4 is 11.8 Å². The number of ketones is 1. The number of benzene rings is 2. The van der Waals surface area contributed by atoms with Gasteiger partial charge in [-0.15, -0.1) is 0 Å². The number of carbonyl (C=O) groups is 2. The Morgan fingerprint density at radius 2 is 1.62 bits per heavy atom. The van der Waals surface area contributed by atoms with E-state index >= 15 is 0 Å². The van der Waals surface area contributed by atoms with E-state index in [1.807, 2.05) is 12.1 Å². The van der Waals surface area contributed by atoms with Gasteiger partial charge in [-0.3, -0.25) is 4.79 Å². The predicted octanol–water partition coefficient (Wildman–Crippen LogP) is 3.76. The largest absolute Gasteiger partial charge is 0.493 e. The van der Waals surface area contributed by atoms with Crippen molar-refractivity contribution < 1.29 is 19.1 Å². The molecule has 1 heterocycles. The van der Waals surface area contributed by atoms with Crippen molar-refractivity contribution in [2.24, 2.45) is 0 Å². The second kappa shape index (κ2) is 6.11. The molecule has 4 heteroatoms. The molecular weight excluding hydrogens is 304 g/mol. The van der Waals surface area contributed by atoms with Crippen molar-refractivity contribution in [3.8, 4) is 5.75 Å². The summed E-state index contributed by atoms with van der Waals surface area (Å²) in [5.74, 6) is 0.362. The zero-order valence-electron chi connectivity index (χ0n) is 14.1. The van der Waals surface area contributed by atoms with Crippen molar-refractivity contribution in [3.63, 3.8) is 0 Å². The van der Waals surface area contributed by atoms with Crippen LogP contribution in [0.15, 0.2) is 42.5 Å². The molecule has 24 heavy (non-hydrogen) atoms. The quantitative estimate of drug-likeness (QED) is 0.637. The first kappa shape index (κ1) is 16.2. The summed E-state index contributed by atoms with van der Waals surface area (Å²) in [6.45, 7) is 5.02. The van der Waals surface area contributed by atoms with E-state index in [4.69, 9.17) is 4.74 Å². The molecule has 0 radical (unpaired) electrons. The SMILES string of the molecule is COC(=O)c1ccc(C(=O)c2ccc3c(c2)C(C)(C)CCO3)cc1. The lowest BCUT2D eigenvalue weighted by atomic mass is 9.79. The fraction of sp³-hybridized carbons (Fsp3) is 0.300. The smallest absolute Gasteiger partial charge is 0.337 e. The Morgan fingerprint density at radius 1 is 1.00 bits per heavy atom. The molecule has 0 fully saturated rings. The van der Waals surface area contributed by atoms with Gasteiger partial charge in [0.05, 0.1) is 19.3 Å². The average molecular weight is 324 g/mol. The molecule has 1 aliphatic rings. The Kier molecular flexibility index (Phi) is 4.14. The standard InChI is InChI=1S/C20H20O4/c1-20(2)10-11-24-17-9-8-15(12-16(17)20)18(21)13-4-6-14(7-5-13)19(22)23-3/h4-9,12H,10-11H2,1-3H3. The molecule has 0 unspecified atom stereocenters. The summed E-state index contributed by atoms with van der Waals surface area (Å²) in [6.07, 6.45) is 0.922. The summed E-state index contributed by atoms with van der Waals surface area (Å²) in [7, 11) is 1.33. The molecule has 0 bridgehead atoms. The van der Waals surface area contributed by atoms with Crippen molar-refractivity contribution in [3.05, 3.63) is 64.7 Å². The lowest BCUT2D eigenvalue weighted by Gasteiger charge is -2.32. The Morgan fingerprint density at radius 3 is 2.29 bits per heavy atom. The topological polar surface area (TPSA) is 52.6 Å². The van der Waals surface area contributed by atoms with Gasteiger partial charge in [0.15, 0.2) is 5.78 Å². The van der Waals surface area contributed by atoms with Crippen LogP contribution in [-0.4, -0.2) is 25.5 Å². The summed E-state index contributed by atoms with van der Waals surface area (Å²) >= 11 is 0. The number of hydrogen-bond acceptors (Lipinski definition) is 4. The van der Waals surface area contributed by atoms with Gasteiger partial charge in [0.2, 0.25) is 0 Å². The van der Waals surface area contributed by atoms with Crippen molar-refractivity contribution in [2.75, 3.05) is 13.7 Å². The van der Waals surface area contributed by atoms with Gasteiger partial charge >= 0.3 is 5.97 Å². The van der Waals surface area contributed by atoms with E-state index in [1.54, 1.807) is 30.3 Å². The minimum atomic E-state index is -0.415. The van der Waals surface area contributed by atoms with Crippen LogP contribution in [0.5, 0.6) is 5.75 Å². The van der Waals surface area contributed by atoms with Crippen LogP contribution < -0.4 is 4.74 Å². The van der Waals surface area contributed by atoms with Crippen LogP contribution in [0.25, 0.3) is 0 Å². The Hall–Kier alpha value is -2.62. The monoisotopic (exact) mass is 324 g/mol. The number of hydrogen-bond donors (Lipinski definition) is 0. The highest BCUT2D eigenvalue weighted by Crippen LogP contribution is 2.38. The van der Waals surface area contributed by atoms with Crippen molar-refractivity contribution in [2.45, 2.75) is 25.7 Å². The maximum absolute atomic E-state index is 12.7. The highest BCUT2D eigenvalue weighted by atomic mass is 16.5. The first-order valence-electron chi connectivity index (χ1n) is 7.93. The van der Waals surface area contributed by atoms with Crippen LogP contribution in [-0.2, 0) is 10.2 Å². The van der Waals surface area contributed by atoms with E-state index in [1.165, 1.54) is 7.11 Å². The molecule has 0 atom stereocenters. The summed E-state index contributed by atoms with van der Waals surface area (Å²) in [5, 5.41) is 0. The minimum Gasteiger partial charge on any atom is -0.493 e. The number of esters is 1. The summed E-state index contributed by atoms with van der Waals surface area (Å²) < 4.78 is 10.4. The van der Waals surface area contributed by atoms with Crippen LogP contribution >= 0.6 is 0 Å². The van der Waals surface area contributed by atoms with E-state index in [-0.39, 0.29) is 11.2 Å². The van der Waals surface area contributed by atoms with Gasteiger partial charge in [-0.05, 0) is 42.2 Å². The number of rotatable bonds is 3. The van der Waals surface area contributed by atoms with Crippen LogP contribution in [0.3, 0.4) is 0 Å². The van der Waals surface area contributed by atoms with Gasteiger partial charge in [0, 0.05) is 16.7 Å². The summed E-state index contributed by atoms with van der Waals surface area (Å²) in [6, 6.07) is 12.1. The highest BCUT2D eigenvalue weighted by molar-refractivity contribution is 6.09. The molecule has 0 saturated carbocycles.